The van der Waals surface area contributed by atoms with E-state index in [9.17, 15) is 9.18 Å². The standard InChI is InChI=1S/C16H12ClFN4O/c1-10-15(19-16(23)13-4-2-3-5-14(13)17)20-21-22(10)12-8-6-11(18)7-9-12/h2-9H,1H3,(H,19,23). The second-order valence-electron chi connectivity index (χ2n) is 4.85. The summed E-state index contributed by atoms with van der Waals surface area (Å²) in [4.78, 5) is 12.3. The average molecular weight is 331 g/mol. The van der Waals surface area contributed by atoms with Gasteiger partial charge in [-0.25, -0.2) is 9.07 Å². The highest BCUT2D eigenvalue weighted by Gasteiger charge is 2.15. The van der Waals surface area contributed by atoms with Crippen LogP contribution < -0.4 is 5.32 Å². The Balaban J connectivity index is 1.86. The fourth-order valence-electron chi connectivity index (χ4n) is 2.09. The zero-order chi connectivity index (χ0) is 16.4. The number of benzene rings is 2. The van der Waals surface area contributed by atoms with Crippen molar-refractivity contribution in [2.24, 2.45) is 0 Å². The molecule has 1 aromatic heterocycles. The maximum atomic E-state index is 13.0. The highest BCUT2D eigenvalue weighted by atomic mass is 35.5. The van der Waals surface area contributed by atoms with Crippen LogP contribution in [0, 0.1) is 12.7 Å². The summed E-state index contributed by atoms with van der Waals surface area (Å²) in [6, 6.07) is 12.6. The smallest absolute Gasteiger partial charge is 0.258 e. The highest BCUT2D eigenvalue weighted by Crippen LogP contribution is 2.19. The molecule has 3 aromatic rings. The zero-order valence-electron chi connectivity index (χ0n) is 12.1. The van der Waals surface area contributed by atoms with Gasteiger partial charge >= 0.3 is 0 Å². The third kappa shape index (κ3) is 3.07. The molecular weight excluding hydrogens is 319 g/mol. The van der Waals surface area contributed by atoms with E-state index in [1.807, 2.05) is 0 Å². The van der Waals surface area contributed by atoms with E-state index in [0.717, 1.165) is 0 Å². The van der Waals surface area contributed by atoms with E-state index in [4.69, 9.17) is 11.6 Å². The minimum atomic E-state index is -0.371. The first-order valence-electron chi connectivity index (χ1n) is 6.80. The van der Waals surface area contributed by atoms with E-state index >= 15 is 0 Å². The summed E-state index contributed by atoms with van der Waals surface area (Å²) in [5.74, 6) is -0.386. The summed E-state index contributed by atoms with van der Waals surface area (Å²) >= 11 is 6.00. The lowest BCUT2D eigenvalue weighted by Crippen LogP contribution is -2.13. The maximum Gasteiger partial charge on any atom is 0.258 e. The number of amides is 1. The van der Waals surface area contributed by atoms with Crippen LogP contribution >= 0.6 is 11.6 Å². The van der Waals surface area contributed by atoms with Crippen molar-refractivity contribution in [1.82, 2.24) is 15.0 Å². The quantitative estimate of drug-likeness (QED) is 0.798. The van der Waals surface area contributed by atoms with Crippen LogP contribution in [0.2, 0.25) is 5.02 Å². The third-order valence-corrected chi connectivity index (χ3v) is 3.65. The summed E-state index contributed by atoms with van der Waals surface area (Å²) < 4.78 is 14.5. The van der Waals surface area contributed by atoms with Crippen molar-refractivity contribution < 1.29 is 9.18 Å². The van der Waals surface area contributed by atoms with Crippen LogP contribution in [0.3, 0.4) is 0 Å². The predicted octanol–water partition coefficient (Wildman–Crippen LogP) is 3.62. The molecule has 0 radical (unpaired) electrons. The molecule has 1 heterocycles. The number of carbonyl (C=O) groups is 1. The molecular formula is C16H12ClFN4O. The van der Waals surface area contributed by atoms with Gasteiger partial charge in [0, 0.05) is 0 Å². The molecule has 0 fully saturated rings. The van der Waals surface area contributed by atoms with Gasteiger partial charge in [-0.1, -0.05) is 28.9 Å². The first kappa shape index (κ1) is 15.2. The van der Waals surface area contributed by atoms with E-state index in [1.54, 1.807) is 43.3 Å². The van der Waals surface area contributed by atoms with E-state index < -0.39 is 0 Å². The van der Waals surface area contributed by atoms with E-state index in [0.29, 0.717) is 27.8 Å². The molecule has 1 amide bonds. The highest BCUT2D eigenvalue weighted by molar-refractivity contribution is 6.34. The van der Waals surface area contributed by atoms with Gasteiger partial charge in [0.15, 0.2) is 5.82 Å². The van der Waals surface area contributed by atoms with Crippen LogP contribution in [-0.2, 0) is 0 Å². The Labute approximate surface area is 136 Å². The van der Waals surface area contributed by atoms with Gasteiger partial charge in [-0.3, -0.25) is 4.79 Å². The SMILES string of the molecule is Cc1c(NC(=O)c2ccccc2Cl)nnn1-c1ccc(F)cc1. The molecule has 2 aromatic carbocycles. The molecule has 0 saturated heterocycles. The number of nitrogens with one attached hydrogen (secondary N) is 1. The van der Waals surface area contributed by atoms with Crippen LogP contribution in [0.1, 0.15) is 16.1 Å². The normalized spacial score (nSPS) is 10.6. The molecule has 0 atom stereocenters. The van der Waals surface area contributed by atoms with E-state index in [1.165, 1.54) is 16.8 Å². The number of hydrogen-bond acceptors (Lipinski definition) is 3. The Hall–Kier alpha value is -2.73. The molecule has 1 N–H and O–H groups in total. The molecule has 0 spiro atoms. The predicted molar refractivity (Wildman–Crippen MR) is 85.5 cm³/mol. The Morgan fingerprint density at radius 3 is 2.57 bits per heavy atom. The molecule has 0 bridgehead atoms. The third-order valence-electron chi connectivity index (χ3n) is 3.32. The number of hydrogen-bond donors (Lipinski definition) is 1. The summed E-state index contributed by atoms with van der Waals surface area (Å²) in [6.07, 6.45) is 0. The van der Waals surface area contributed by atoms with Crippen LogP contribution in [0.5, 0.6) is 0 Å². The Kier molecular flexibility index (Phi) is 4.08. The summed E-state index contributed by atoms with van der Waals surface area (Å²) in [5.41, 5.74) is 1.62. The van der Waals surface area contributed by atoms with Crippen molar-refractivity contribution in [2.45, 2.75) is 6.92 Å². The topological polar surface area (TPSA) is 59.8 Å². The molecule has 0 aliphatic rings. The molecule has 116 valence electrons. The first-order valence-corrected chi connectivity index (χ1v) is 7.18. The monoisotopic (exact) mass is 330 g/mol. The fourth-order valence-corrected chi connectivity index (χ4v) is 2.31. The minimum Gasteiger partial charge on any atom is -0.303 e. The number of nitrogens with zero attached hydrogens (tertiary/aromatic N) is 3. The number of rotatable bonds is 3. The van der Waals surface area contributed by atoms with Gasteiger partial charge in [0.25, 0.3) is 5.91 Å². The fraction of sp³-hybridized carbons (Fsp3) is 0.0625. The molecule has 0 aliphatic carbocycles. The van der Waals surface area contributed by atoms with Crippen molar-refractivity contribution in [2.75, 3.05) is 5.32 Å². The van der Waals surface area contributed by atoms with Crippen molar-refractivity contribution >= 4 is 23.3 Å². The van der Waals surface area contributed by atoms with Gasteiger partial charge in [-0.2, -0.15) is 0 Å². The molecule has 7 heteroatoms. The van der Waals surface area contributed by atoms with Crippen molar-refractivity contribution in [1.29, 1.82) is 0 Å². The van der Waals surface area contributed by atoms with Crippen LogP contribution in [0.4, 0.5) is 10.2 Å². The van der Waals surface area contributed by atoms with Gasteiger partial charge in [-0.15, -0.1) is 5.10 Å². The summed E-state index contributed by atoms with van der Waals surface area (Å²) in [5, 5.41) is 11.0. The van der Waals surface area contributed by atoms with E-state index in [-0.39, 0.29) is 11.7 Å². The van der Waals surface area contributed by atoms with Crippen LogP contribution in [0.25, 0.3) is 5.69 Å². The number of anilines is 1. The largest absolute Gasteiger partial charge is 0.303 e. The lowest BCUT2D eigenvalue weighted by molar-refractivity contribution is 0.102. The molecule has 5 nitrogen and oxygen atoms in total. The van der Waals surface area contributed by atoms with Crippen LogP contribution in [0.15, 0.2) is 48.5 Å². The van der Waals surface area contributed by atoms with E-state index in [2.05, 4.69) is 15.6 Å². The Morgan fingerprint density at radius 1 is 1.17 bits per heavy atom. The maximum absolute atomic E-state index is 13.0. The zero-order valence-corrected chi connectivity index (χ0v) is 12.9. The lowest BCUT2D eigenvalue weighted by atomic mass is 10.2. The van der Waals surface area contributed by atoms with Crippen molar-refractivity contribution in [3.05, 3.63) is 70.6 Å². The first-order chi connectivity index (χ1) is 11.1. The molecule has 0 unspecified atom stereocenters. The minimum absolute atomic E-state index is 0.319. The molecule has 0 saturated carbocycles. The molecule has 23 heavy (non-hydrogen) atoms. The summed E-state index contributed by atoms with van der Waals surface area (Å²) in [7, 11) is 0. The Bertz CT molecular complexity index is 861. The second-order valence-corrected chi connectivity index (χ2v) is 5.25. The van der Waals surface area contributed by atoms with Gasteiger partial charge in [0.1, 0.15) is 5.82 Å². The molecule has 3 rings (SSSR count). The average Bonchev–Trinajstić information content (AvgIpc) is 2.89. The van der Waals surface area contributed by atoms with Crippen molar-refractivity contribution in [3.8, 4) is 5.69 Å². The van der Waals surface area contributed by atoms with Gasteiger partial charge in [-0.05, 0) is 43.3 Å². The lowest BCUT2D eigenvalue weighted by Gasteiger charge is -2.06. The summed E-state index contributed by atoms with van der Waals surface area (Å²) in [6.45, 7) is 1.76. The van der Waals surface area contributed by atoms with Crippen LogP contribution in [-0.4, -0.2) is 20.9 Å². The van der Waals surface area contributed by atoms with Gasteiger partial charge in [0.05, 0.1) is 22.0 Å². The Morgan fingerprint density at radius 2 is 1.87 bits per heavy atom. The number of aromatic nitrogens is 3. The van der Waals surface area contributed by atoms with Gasteiger partial charge < -0.3 is 5.32 Å². The molecule has 0 aliphatic heterocycles. The second kappa shape index (κ2) is 6.18. The number of carbonyl (C=O) groups excluding carboxylic acids is 1. The van der Waals surface area contributed by atoms with Gasteiger partial charge in [0.2, 0.25) is 0 Å². The van der Waals surface area contributed by atoms with Crippen molar-refractivity contribution in [3.63, 3.8) is 0 Å². The number of halogens is 2.